The number of carbonyl (C=O) groups is 6. The van der Waals surface area contributed by atoms with Gasteiger partial charge in [-0.25, -0.2) is 17.6 Å². The van der Waals surface area contributed by atoms with Crippen LogP contribution in [-0.4, -0.2) is 90.4 Å². The number of ketones is 1. The summed E-state index contributed by atoms with van der Waals surface area (Å²) in [7, 11) is -3.92. The van der Waals surface area contributed by atoms with Crippen molar-refractivity contribution in [3.8, 4) is 0 Å². The second-order valence-electron chi connectivity index (χ2n) is 14.7. The summed E-state index contributed by atoms with van der Waals surface area (Å²) < 4.78 is 53.3. The van der Waals surface area contributed by atoms with E-state index < -0.39 is 98.9 Å². The first-order valence-electron chi connectivity index (χ1n) is 18.1. The van der Waals surface area contributed by atoms with Crippen LogP contribution in [0.15, 0.2) is 43.5 Å². The number of esters is 1. The maximum Gasteiger partial charge on any atom is 0.410 e. The Balaban J connectivity index is 1.22. The van der Waals surface area contributed by atoms with Gasteiger partial charge in [0.1, 0.15) is 18.0 Å². The number of Topliss-reactive ketones (excluding diaryl/α,β-unsaturated/α-hetero) is 1. The summed E-state index contributed by atoms with van der Waals surface area (Å²) in [6.07, 6.45) is 3.70. The Hall–Kier alpha value is -4.60. The number of sulfonamides is 1. The molecule has 6 rings (SSSR count). The predicted octanol–water partition coefficient (Wildman–Crippen LogP) is 2.80. The van der Waals surface area contributed by atoms with Crippen molar-refractivity contribution in [1.29, 1.82) is 0 Å². The Morgan fingerprint density at radius 1 is 1.02 bits per heavy atom. The molecule has 5 atom stereocenters. The van der Waals surface area contributed by atoms with E-state index >= 15 is 0 Å². The molecule has 0 aromatic heterocycles. The molecule has 1 aromatic carbocycles. The number of ether oxygens (including phenoxy) is 2. The SMILES string of the molecule is C=CC(=O)NC[C@H](CC(=O)OC1CCCC1)C(=O)N1C[C@H](OC(=O)N2Cc3cccc(F)c3C2)C[C@H]1C(=O)C[C@]1(C(=O)NS(=O)(=O)C2CC2)C[C@H]1C=C. The Kier molecular flexibility index (Phi) is 11.1. The van der Waals surface area contributed by atoms with Crippen LogP contribution in [0.1, 0.15) is 75.3 Å². The zero-order chi connectivity index (χ0) is 38.1. The van der Waals surface area contributed by atoms with Crippen molar-refractivity contribution < 1.29 is 51.0 Å². The molecule has 286 valence electrons. The molecule has 0 unspecified atom stereocenters. The van der Waals surface area contributed by atoms with Gasteiger partial charge in [-0.05, 0) is 68.6 Å². The summed E-state index contributed by atoms with van der Waals surface area (Å²) in [5.74, 6) is -5.43. The summed E-state index contributed by atoms with van der Waals surface area (Å²) in [5, 5.41) is 1.88. The minimum absolute atomic E-state index is 0.0307. The topological polar surface area (TPSA) is 186 Å². The minimum atomic E-state index is -3.92. The molecule has 0 bridgehead atoms. The number of nitrogens with one attached hydrogen (secondary N) is 2. The van der Waals surface area contributed by atoms with E-state index in [1.54, 1.807) is 12.1 Å². The lowest BCUT2D eigenvalue weighted by molar-refractivity contribution is -0.154. The smallest absolute Gasteiger partial charge is 0.410 e. The Morgan fingerprint density at radius 3 is 2.40 bits per heavy atom. The second kappa shape index (κ2) is 15.4. The van der Waals surface area contributed by atoms with Gasteiger partial charge < -0.3 is 19.7 Å². The lowest BCUT2D eigenvalue weighted by Crippen LogP contribution is -2.48. The standard InChI is InChI=1S/C37H45FN4O10S/c1-3-24-16-37(24,35(47)40-53(49,50)27-12-13-27)17-31(43)30-15-26(52-36(48)41-19-22-8-7-11-29(38)28(22)21-41)20-42(30)34(46)23(18-39-32(44)4-2)14-33(45)51-25-9-5-6-10-25/h3-4,7-8,11,23-27,30H,1-2,5-6,9-10,12-21H2,(H,39,44)(H,40,47)/t23-,24+,26+,30-,37+/m0/s1. The second-order valence-corrected chi connectivity index (χ2v) is 16.7. The molecule has 3 saturated carbocycles. The lowest BCUT2D eigenvalue weighted by Gasteiger charge is -2.29. The molecule has 0 radical (unpaired) electrons. The van der Waals surface area contributed by atoms with E-state index in [1.165, 1.54) is 21.9 Å². The van der Waals surface area contributed by atoms with E-state index in [1.807, 2.05) is 0 Å². The van der Waals surface area contributed by atoms with Gasteiger partial charge in [-0.15, -0.1) is 6.58 Å². The number of amides is 4. The van der Waals surface area contributed by atoms with Crippen LogP contribution in [0.4, 0.5) is 9.18 Å². The van der Waals surface area contributed by atoms with Crippen molar-refractivity contribution in [3.63, 3.8) is 0 Å². The molecular formula is C37H45FN4O10S. The van der Waals surface area contributed by atoms with Crippen molar-refractivity contribution in [3.05, 3.63) is 60.5 Å². The summed E-state index contributed by atoms with van der Waals surface area (Å²) >= 11 is 0. The molecule has 4 fully saturated rings. The van der Waals surface area contributed by atoms with Gasteiger partial charge in [0.15, 0.2) is 5.78 Å². The lowest BCUT2D eigenvalue weighted by atomic mass is 9.91. The summed E-state index contributed by atoms with van der Waals surface area (Å²) in [6, 6.07) is 3.32. The van der Waals surface area contributed by atoms with Gasteiger partial charge in [-0.1, -0.05) is 24.8 Å². The van der Waals surface area contributed by atoms with Crippen LogP contribution in [0.2, 0.25) is 0 Å². The number of allylic oxidation sites excluding steroid dienone is 1. The van der Waals surface area contributed by atoms with E-state index in [0.717, 1.165) is 18.9 Å². The molecule has 3 aliphatic carbocycles. The highest BCUT2D eigenvalue weighted by molar-refractivity contribution is 7.90. The summed E-state index contributed by atoms with van der Waals surface area (Å²) in [4.78, 5) is 83.0. The Bertz CT molecular complexity index is 1810. The number of likely N-dealkylation sites (tertiary alicyclic amines) is 1. The molecule has 0 spiro atoms. The zero-order valence-electron chi connectivity index (χ0n) is 29.4. The van der Waals surface area contributed by atoms with Gasteiger partial charge in [-0.2, -0.15) is 0 Å². The highest BCUT2D eigenvalue weighted by Gasteiger charge is 2.61. The molecule has 2 N–H and O–H groups in total. The zero-order valence-corrected chi connectivity index (χ0v) is 30.2. The molecule has 16 heteroatoms. The molecule has 2 aliphatic heterocycles. The molecular weight excluding hydrogens is 711 g/mol. The highest BCUT2D eigenvalue weighted by Crippen LogP contribution is 2.57. The van der Waals surface area contributed by atoms with Gasteiger partial charge in [0.05, 0.1) is 42.1 Å². The van der Waals surface area contributed by atoms with E-state index in [0.29, 0.717) is 36.8 Å². The van der Waals surface area contributed by atoms with Crippen LogP contribution >= 0.6 is 0 Å². The summed E-state index contributed by atoms with van der Waals surface area (Å²) in [6.45, 7) is 6.70. The molecule has 4 amide bonds. The first-order chi connectivity index (χ1) is 25.2. The Morgan fingerprint density at radius 2 is 1.75 bits per heavy atom. The number of benzene rings is 1. The molecule has 1 aromatic rings. The van der Waals surface area contributed by atoms with E-state index in [9.17, 15) is 41.6 Å². The monoisotopic (exact) mass is 756 g/mol. The quantitative estimate of drug-likeness (QED) is 0.153. The van der Waals surface area contributed by atoms with E-state index in [4.69, 9.17) is 9.47 Å². The highest BCUT2D eigenvalue weighted by atomic mass is 32.2. The van der Waals surface area contributed by atoms with Crippen LogP contribution in [-0.2, 0) is 56.6 Å². The maximum absolute atomic E-state index is 14.4. The van der Waals surface area contributed by atoms with Crippen LogP contribution in [0.3, 0.4) is 0 Å². The van der Waals surface area contributed by atoms with Gasteiger partial charge >= 0.3 is 12.1 Å². The normalized spacial score (nSPS) is 25.6. The van der Waals surface area contributed by atoms with E-state index in [2.05, 4.69) is 23.2 Å². The van der Waals surface area contributed by atoms with Crippen LogP contribution in [0.5, 0.6) is 0 Å². The molecule has 14 nitrogen and oxygen atoms in total. The number of rotatable bonds is 15. The minimum Gasteiger partial charge on any atom is -0.462 e. The third-order valence-corrected chi connectivity index (χ3v) is 12.8. The van der Waals surface area contributed by atoms with Crippen molar-refractivity contribution in [2.45, 2.75) is 101 Å². The molecule has 5 aliphatic rings. The number of hydrogen-bond acceptors (Lipinski definition) is 10. The molecule has 53 heavy (non-hydrogen) atoms. The molecule has 2 heterocycles. The van der Waals surface area contributed by atoms with Crippen molar-refractivity contribution in [1.82, 2.24) is 19.8 Å². The predicted molar refractivity (Wildman–Crippen MR) is 186 cm³/mol. The van der Waals surface area contributed by atoms with Gasteiger partial charge in [0.25, 0.3) is 0 Å². The largest absolute Gasteiger partial charge is 0.462 e. The third-order valence-electron chi connectivity index (χ3n) is 11.0. The summed E-state index contributed by atoms with van der Waals surface area (Å²) in [5.41, 5.74) is -0.415. The van der Waals surface area contributed by atoms with E-state index in [-0.39, 0.29) is 45.1 Å². The first-order valence-corrected chi connectivity index (χ1v) is 19.6. The van der Waals surface area contributed by atoms with Crippen LogP contribution < -0.4 is 10.0 Å². The fraction of sp³-hybridized carbons (Fsp3) is 0.568. The Labute approximate surface area is 307 Å². The number of carbonyl (C=O) groups excluding carboxylic acids is 6. The number of nitrogens with zero attached hydrogens (tertiary/aromatic N) is 2. The fourth-order valence-corrected chi connectivity index (χ4v) is 9.07. The van der Waals surface area contributed by atoms with Gasteiger partial charge in [0.2, 0.25) is 27.7 Å². The number of fused-ring (bicyclic) bond motifs is 1. The fourth-order valence-electron chi connectivity index (χ4n) is 7.69. The maximum atomic E-state index is 14.4. The molecule has 1 saturated heterocycles. The van der Waals surface area contributed by atoms with Gasteiger partial charge in [0, 0.05) is 31.5 Å². The number of hydrogen-bond donors (Lipinski definition) is 2. The number of halogens is 1. The van der Waals surface area contributed by atoms with Crippen molar-refractivity contribution in [2.24, 2.45) is 17.3 Å². The van der Waals surface area contributed by atoms with Crippen LogP contribution in [0, 0.1) is 23.1 Å². The first kappa shape index (κ1) is 38.1. The van der Waals surface area contributed by atoms with Gasteiger partial charge in [-0.3, -0.25) is 33.6 Å². The third kappa shape index (κ3) is 8.47. The average Bonchev–Trinajstić information content (AvgIpc) is 3.92. The van der Waals surface area contributed by atoms with Crippen molar-refractivity contribution >= 4 is 45.6 Å². The average molecular weight is 757 g/mol. The van der Waals surface area contributed by atoms with Crippen molar-refractivity contribution in [2.75, 3.05) is 13.1 Å². The van der Waals surface area contributed by atoms with Crippen LogP contribution in [0.25, 0.3) is 0 Å².